The van der Waals surface area contributed by atoms with Gasteiger partial charge >= 0.3 is 0 Å². The van der Waals surface area contributed by atoms with Gasteiger partial charge in [-0.2, -0.15) is 0 Å². The third-order valence-corrected chi connectivity index (χ3v) is 4.15. The Hall–Kier alpha value is -0.260. The van der Waals surface area contributed by atoms with Gasteiger partial charge in [0.1, 0.15) is 0 Å². The zero-order valence-corrected chi connectivity index (χ0v) is 10.7. The highest BCUT2D eigenvalue weighted by Gasteiger charge is 2.36. The fraction of sp³-hybridized carbons (Fsp3) is 0.857. The summed E-state index contributed by atoms with van der Waals surface area (Å²) >= 11 is 0. The van der Waals surface area contributed by atoms with Crippen LogP contribution in [0.15, 0.2) is 11.6 Å². The van der Waals surface area contributed by atoms with Crippen molar-refractivity contribution < 1.29 is 0 Å². The van der Waals surface area contributed by atoms with E-state index in [4.69, 9.17) is 0 Å². The molecular formula is C14H26. The van der Waals surface area contributed by atoms with Gasteiger partial charge in [0.05, 0.1) is 0 Å². The molecule has 0 heterocycles. The van der Waals surface area contributed by atoms with E-state index in [1.165, 1.54) is 6.42 Å². The van der Waals surface area contributed by atoms with Crippen molar-refractivity contribution in [2.24, 2.45) is 29.6 Å². The lowest BCUT2D eigenvalue weighted by Crippen LogP contribution is -2.14. The second-order valence-corrected chi connectivity index (χ2v) is 5.45. The maximum Gasteiger partial charge on any atom is -0.0166 e. The van der Waals surface area contributed by atoms with Gasteiger partial charge in [-0.15, -0.1) is 0 Å². The SMILES string of the molecule is CCC(C)C(C=C1C(C)C1C)C(C)C. The molecule has 0 bridgehead atoms. The van der Waals surface area contributed by atoms with E-state index in [1.54, 1.807) is 5.57 Å². The Morgan fingerprint density at radius 3 is 1.93 bits per heavy atom. The molecule has 1 saturated carbocycles. The van der Waals surface area contributed by atoms with Crippen LogP contribution in [0, 0.1) is 29.6 Å². The minimum absolute atomic E-state index is 0.789. The summed E-state index contributed by atoms with van der Waals surface area (Å²) < 4.78 is 0. The van der Waals surface area contributed by atoms with E-state index in [2.05, 4.69) is 47.6 Å². The van der Waals surface area contributed by atoms with Crippen LogP contribution in [0.2, 0.25) is 0 Å². The molecule has 0 aliphatic heterocycles. The van der Waals surface area contributed by atoms with Crippen LogP contribution in [0.25, 0.3) is 0 Å². The van der Waals surface area contributed by atoms with Gasteiger partial charge in [0.15, 0.2) is 0 Å². The van der Waals surface area contributed by atoms with Gasteiger partial charge in [0, 0.05) is 0 Å². The average molecular weight is 194 g/mol. The predicted octanol–water partition coefficient (Wildman–Crippen LogP) is 4.52. The summed E-state index contributed by atoms with van der Waals surface area (Å²) in [5, 5.41) is 0. The van der Waals surface area contributed by atoms with Crippen molar-refractivity contribution in [3.05, 3.63) is 11.6 Å². The molecule has 0 N–H and O–H groups in total. The molecule has 4 unspecified atom stereocenters. The van der Waals surface area contributed by atoms with Crippen LogP contribution >= 0.6 is 0 Å². The van der Waals surface area contributed by atoms with Gasteiger partial charge in [-0.1, -0.05) is 59.6 Å². The molecule has 1 aliphatic carbocycles. The Balaban J connectivity index is 2.66. The van der Waals surface area contributed by atoms with Crippen molar-refractivity contribution in [3.8, 4) is 0 Å². The standard InChI is InChI=1S/C14H26/c1-7-10(4)13(9(2)3)8-14-11(5)12(14)6/h8-13H,7H2,1-6H3. The highest BCUT2D eigenvalue weighted by atomic mass is 14.4. The average Bonchev–Trinajstić information content (AvgIpc) is 2.69. The van der Waals surface area contributed by atoms with Crippen LogP contribution in [-0.4, -0.2) is 0 Å². The molecule has 0 radical (unpaired) electrons. The first-order valence-corrected chi connectivity index (χ1v) is 6.20. The van der Waals surface area contributed by atoms with Crippen LogP contribution in [0.4, 0.5) is 0 Å². The van der Waals surface area contributed by atoms with Crippen LogP contribution < -0.4 is 0 Å². The molecule has 0 aromatic heterocycles. The molecule has 0 saturated heterocycles. The summed E-state index contributed by atoms with van der Waals surface area (Å²) in [6, 6.07) is 0. The Kier molecular flexibility index (Phi) is 3.80. The summed E-state index contributed by atoms with van der Waals surface area (Å²) in [6.45, 7) is 14.1. The van der Waals surface area contributed by atoms with Crippen molar-refractivity contribution in [3.63, 3.8) is 0 Å². The molecule has 0 nitrogen and oxygen atoms in total. The van der Waals surface area contributed by atoms with E-state index in [9.17, 15) is 0 Å². The number of rotatable bonds is 4. The summed E-state index contributed by atoms with van der Waals surface area (Å²) in [7, 11) is 0. The Labute approximate surface area is 89.8 Å². The molecule has 0 heteroatoms. The van der Waals surface area contributed by atoms with Crippen molar-refractivity contribution in [2.45, 2.75) is 48.0 Å². The lowest BCUT2D eigenvalue weighted by molar-refractivity contribution is 0.325. The third kappa shape index (κ3) is 2.40. The van der Waals surface area contributed by atoms with Gasteiger partial charge < -0.3 is 0 Å². The lowest BCUT2D eigenvalue weighted by atomic mass is 9.82. The van der Waals surface area contributed by atoms with E-state index in [0.29, 0.717) is 0 Å². The molecule has 82 valence electrons. The van der Waals surface area contributed by atoms with E-state index in [-0.39, 0.29) is 0 Å². The van der Waals surface area contributed by atoms with Crippen molar-refractivity contribution in [2.75, 3.05) is 0 Å². The van der Waals surface area contributed by atoms with Gasteiger partial charge in [0.25, 0.3) is 0 Å². The summed E-state index contributed by atoms with van der Waals surface area (Å²) in [5.74, 6) is 4.14. The molecule has 0 spiro atoms. The zero-order valence-electron chi connectivity index (χ0n) is 10.7. The van der Waals surface area contributed by atoms with Crippen LogP contribution in [0.3, 0.4) is 0 Å². The molecule has 14 heavy (non-hydrogen) atoms. The van der Waals surface area contributed by atoms with Crippen molar-refractivity contribution in [1.82, 2.24) is 0 Å². The van der Waals surface area contributed by atoms with Gasteiger partial charge in [-0.25, -0.2) is 0 Å². The lowest BCUT2D eigenvalue weighted by Gasteiger charge is -2.23. The molecule has 0 aromatic carbocycles. The molecule has 1 fully saturated rings. The minimum atomic E-state index is 0.789. The molecular weight excluding hydrogens is 168 g/mol. The molecule has 1 rings (SSSR count). The minimum Gasteiger partial charge on any atom is -0.0811 e. The Morgan fingerprint density at radius 1 is 1.14 bits per heavy atom. The summed E-state index contributed by atoms with van der Waals surface area (Å²) in [5.41, 5.74) is 1.71. The normalized spacial score (nSPS) is 30.4. The number of hydrogen-bond donors (Lipinski definition) is 0. The van der Waals surface area contributed by atoms with E-state index in [1.807, 2.05) is 0 Å². The van der Waals surface area contributed by atoms with Gasteiger partial charge in [-0.3, -0.25) is 0 Å². The smallest absolute Gasteiger partial charge is 0.0166 e. The van der Waals surface area contributed by atoms with Crippen LogP contribution in [-0.2, 0) is 0 Å². The molecule has 1 aliphatic rings. The number of hydrogen-bond acceptors (Lipinski definition) is 0. The highest BCUT2D eigenvalue weighted by Crippen LogP contribution is 2.46. The second kappa shape index (κ2) is 4.51. The first-order valence-electron chi connectivity index (χ1n) is 6.20. The predicted molar refractivity (Wildman–Crippen MR) is 64.2 cm³/mol. The molecule has 4 atom stereocenters. The monoisotopic (exact) mass is 194 g/mol. The fourth-order valence-corrected chi connectivity index (χ4v) is 2.41. The molecule has 0 aromatic rings. The van der Waals surface area contributed by atoms with E-state index < -0.39 is 0 Å². The highest BCUT2D eigenvalue weighted by molar-refractivity contribution is 5.28. The maximum absolute atomic E-state index is 2.58. The quantitative estimate of drug-likeness (QED) is 0.577. The largest absolute Gasteiger partial charge is 0.0811 e. The van der Waals surface area contributed by atoms with E-state index >= 15 is 0 Å². The van der Waals surface area contributed by atoms with Crippen LogP contribution in [0.5, 0.6) is 0 Å². The Bertz CT molecular complexity index is 202. The summed E-state index contributed by atoms with van der Waals surface area (Å²) in [6.07, 6.45) is 3.88. The first-order chi connectivity index (χ1) is 6.49. The Morgan fingerprint density at radius 2 is 1.64 bits per heavy atom. The van der Waals surface area contributed by atoms with Crippen molar-refractivity contribution in [1.29, 1.82) is 0 Å². The van der Waals surface area contributed by atoms with Crippen molar-refractivity contribution >= 4 is 0 Å². The topological polar surface area (TPSA) is 0 Å². The van der Waals surface area contributed by atoms with Gasteiger partial charge in [0.2, 0.25) is 0 Å². The van der Waals surface area contributed by atoms with Crippen LogP contribution in [0.1, 0.15) is 48.0 Å². The second-order valence-electron chi connectivity index (χ2n) is 5.45. The summed E-state index contributed by atoms with van der Waals surface area (Å²) in [4.78, 5) is 0. The van der Waals surface area contributed by atoms with Gasteiger partial charge in [-0.05, 0) is 29.6 Å². The molecule has 0 amide bonds. The number of allylic oxidation sites excluding steroid dienone is 2. The third-order valence-electron chi connectivity index (χ3n) is 4.15. The first kappa shape index (κ1) is 11.8. The fourth-order valence-electron chi connectivity index (χ4n) is 2.41. The maximum atomic E-state index is 2.58. The zero-order chi connectivity index (χ0) is 10.9. The van der Waals surface area contributed by atoms with E-state index in [0.717, 1.165) is 29.6 Å².